The van der Waals surface area contributed by atoms with Crippen molar-refractivity contribution >= 4 is 21.7 Å². The molecule has 0 saturated heterocycles. The molecule has 1 aliphatic heterocycles. The summed E-state index contributed by atoms with van der Waals surface area (Å²) < 4.78 is 6.88. The van der Waals surface area contributed by atoms with Crippen LogP contribution in [0.25, 0.3) is 0 Å². The fraction of sp³-hybridized carbons (Fsp3) is 0.174. The maximum absolute atomic E-state index is 12.9. The number of benzene rings is 3. The highest BCUT2D eigenvalue weighted by Gasteiger charge is 2.48. The molecule has 3 aromatic carbocycles. The molecule has 0 saturated carbocycles. The number of carbonyl (C=O) groups is 1. The highest BCUT2D eigenvalue weighted by Crippen LogP contribution is 2.46. The van der Waals surface area contributed by atoms with Gasteiger partial charge in [0.15, 0.2) is 11.9 Å². The Balaban J connectivity index is 1.79. The molecule has 3 atom stereocenters. The Labute approximate surface area is 176 Å². The van der Waals surface area contributed by atoms with Crippen LogP contribution in [0.4, 0.5) is 0 Å². The van der Waals surface area contributed by atoms with Gasteiger partial charge in [-0.25, -0.2) is 0 Å². The van der Waals surface area contributed by atoms with Crippen LogP contribution in [0.5, 0.6) is 5.75 Å². The smallest absolute Gasteiger partial charge is 0.260 e. The first kappa shape index (κ1) is 19.3. The van der Waals surface area contributed by atoms with Crippen LogP contribution in [-0.4, -0.2) is 16.7 Å². The lowest BCUT2D eigenvalue weighted by Gasteiger charge is -2.34. The van der Waals surface area contributed by atoms with Gasteiger partial charge in [-0.1, -0.05) is 76.6 Å². The molecule has 0 amide bonds. The number of hydrogen-bond acceptors (Lipinski definition) is 4. The summed E-state index contributed by atoms with van der Waals surface area (Å²) in [4.78, 5) is 24.8. The standard InChI is InChI=1S/C23H18BrNO4/c24-17-11-12-21-18(13-17)19(14-20(26)15-7-3-1-4-8-15)22(25(27)28)23(29-21)16-9-5-2-6-10-16/h1-13,19,22-23H,14H2/t19-,22+,23-/m1/s1. The van der Waals surface area contributed by atoms with E-state index in [1.165, 1.54) is 0 Å². The lowest BCUT2D eigenvalue weighted by atomic mass is 9.79. The largest absolute Gasteiger partial charge is 0.478 e. The van der Waals surface area contributed by atoms with Gasteiger partial charge in [0.25, 0.3) is 6.04 Å². The number of fused-ring (bicyclic) bond motifs is 1. The predicted molar refractivity (Wildman–Crippen MR) is 113 cm³/mol. The minimum absolute atomic E-state index is 0.0335. The molecule has 0 fully saturated rings. The minimum Gasteiger partial charge on any atom is -0.478 e. The molecule has 6 heteroatoms. The van der Waals surface area contributed by atoms with Crippen LogP contribution < -0.4 is 4.74 Å². The first-order chi connectivity index (χ1) is 14.0. The number of carbonyl (C=O) groups excluding carboxylic acids is 1. The number of ketones is 1. The van der Waals surface area contributed by atoms with Gasteiger partial charge in [-0.15, -0.1) is 0 Å². The van der Waals surface area contributed by atoms with Crippen LogP contribution in [0.1, 0.15) is 39.9 Å². The Hall–Kier alpha value is -2.99. The highest BCUT2D eigenvalue weighted by atomic mass is 79.9. The Kier molecular flexibility index (Phi) is 5.45. The number of rotatable bonds is 5. The molecule has 1 heterocycles. The van der Waals surface area contributed by atoms with E-state index in [0.717, 1.165) is 10.0 Å². The quantitative estimate of drug-likeness (QED) is 0.288. The molecule has 3 aromatic rings. The third-order valence-corrected chi connectivity index (χ3v) is 5.71. The molecule has 1 aliphatic rings. The summed E-state index contributed by atoms with van der Waals surface area (Å²) in [5, 5.41) is 12.2. The minimum atomic E-state index is -1.08. The van der Waals surface area contributed by atoms with Gasteiger partial charge in [0.05, 0.1) is 5.92 Å². The second kappa shape index (κ2) is 8.17. The van der Waals surface area contributed by atoms with Crippen LogP contribution in [0, 0.1) is 10.1 Å². The lowest BCUT2D eigenvalue weighted by molar-refractivity contribution is -0.540. The zero-order valence-corrected chi connectivity index (χ0v) is 17.0. The van der Waals surface area contributed by atoms with Crippen LogP contribution in [-0.2, 0) is 0 Å². The monoisotopic (exact) mass is 451 g/mol. The Morgan fingerprint density at radius 3 is 2.31 bits per heavy atom. The molecule has 0 N–H and O–H groups in total. The summed E-state index contributed by atoms with van der Waals surface area (Å²) in [7, 11) is 0. The third kappa shape index (κ3) is 3.93. The Morgan fingerprint density at radius 1 is 1.00 bits per heavy atom. The van der Waals surface area contributed by atoms with Gasteiger partial charge in [0.1, 0.15) is 5.75 Å². The number of nitro groups is 1. The molecule has 29 heavy (non-hydrogen) atoms. The maximum Gasteiger partial charge on any atom is 0.260 e. The van der Waals surface area contributed by atoms with Crippen molar-refractivity contribution < 1.29 is 14.5 Å². The van der Waals surface area contributed by atoms with Crippen molar-refractivity contribution in [3.05, 3.63) is 110 Å². The molecule has 0 unspecified atom stereocenters. The summed E-state index contributed by atoms with van der Waals surface area (Å²) in [6.45, 7) is 0. The van der Waals surface area contributed by atoms with E-state index in [0.29, 0.717) is 16.9 Å². The van der Waals surface area contributed by atoms with Crippen molar-refractivity contribution in [1.29, 1.82) is 0 Å². The van der Waals surface area contributed by atoms with Crippen molar-refractivity contribution in [2.45, 2.75) is 24.5 Å². The van der Waals surface area contributed by atoms with Gasteiger partial charge >= 0.3 is 0 Å². The lowest BCUT2D eigenvalue weighted by Crippen LogP contribution is -2.41. The van der Waals surface area contributed by atoms with E-state index in [4.69, 9.17) is 4.74 Å². The summed E-state index contributed by atoms with van der Waals surface area (Å²) in [5.74, 6) is -0.155. The summed E-state index contributed by atoms with van der Waals surface area (Å²) in [6.07, 6.45) is -0.736. The third-order valence-electron chi connectivity index (χ3n) is 5.22. The first-order valence-corrected chi connectivity index (χ1v) is 10.1. The topological polar surface area (TPSA) is 69.4 Å². The first-order valence-electron chi connectivity index (χ1n) is 9.27. The number of nitrogens with zero attached hydrogens (tertiary/aromatic N) is 1. The van der Waals surface area contributed by atoms with Gasteiger partial charge in [-0.2, -0.15) is 0 Å². The number of ether oxygens (including phenoxy) is 1. The Bertz CT molecular complexity index is 1040. The van der Waals surface area contributed by atoms with E-state index in [1.54, 1.807) is 30.3 Å². The van der Waals surface area contributed by atoms with Crippen molar-refractivity contribution in [1.82, 2.24) is 0 Å². The van der Waals surface area contributed by atoms with E-state index in [9.17, 15) is 14.9 Å². The van der Waals surface area contributed by atoms with E-state index >= 15 is 0 Å². The number of Topliss-reactive ketones (excluding diaryl/α,β-unsaturated/α-hetero) is 1. The molecule has 0 spiro atoms. The number of hydrogen-bond donors (Lipinski definition) is 0. The SMILES string of the molecule is O=C(C[C@@H]1c2cc(Br)ccc2O[C@H](c2ccccc2)[C@H]1[N+](=O)[O-])c1ccccc1. The van der Waals surface area contributed by atoms with Crippen molar-refractivity contribution in [3.8, 4) is 5.75 Å². The predicted octanol–water partition coefficient (Wildman–Crippen LogP) is 5.58. The fourth-order valence-electron chi connectivity index (χ4n) is 3.86. The van der Waals surface area contributed by atoms with E-state index in [2.05, 4.69) is 15.9 Å². The van der Waals surface area contributed by atoms with E-state index < -0.39 is 18.1 Å². The van der Waals surface area contributed by atoms with Crippen molar-refractivity contribution in [3.63, 3.8) is 0 Å². The zero-order chi connectivity index (χ0) is 20.4. The summed E-state index contributed by atoms with van der Waals surface area (Å²) in [6, 6.07) is 22.4. The zero-order valence-electron chi connectivity index (χ0n) is 15.4. The average molecular weight is 452 g/mol. The molecule has 146 valence electrons. The van der Waals surface area contributed by atoms with E-state index in [-0.39, 0.29) is 17.1 Å². The van der Waals surface area contributed by atoms with Gasteiger partial charge in [0, 0.05) is 26.9 Å². The van der Waals surface area contributed by atoms with Gasteiger partial charge < -0.3 is 4.74 Å². The molecule has 0 bridgehead atoms. The molecule has 0 aliphatic carbocycles. The van der Waals surface area contributed by atoms with Gasteiger partial charge in [-0.3, -0.25) is 14.9 Å². The van der Waals surface area contributed by atoms with E-state index in [1.807, 2.05) is 48.5 Å². The van der Waals surface area contributed by atoms with Crippen LogP contribution >= 0.6 is 15.9 Å². The maximum atomic E-state index is 12.9. The van der Waals surface area contributed by atoms with Crippen molar-refractivity contribution in [2.24, 2.45) is 0 Å². The molecule has 5 nitrogen and oxygen atoms in total. The molecule has 4 rings (SSSR count). The van der Waals surface area contributed by atoms with Crippen molar-refractivity contribution in [2.75, 3.05) is 0 Å². The second-order valence-corrected chi connectivity index (χ2v) is 7.92. The molecule has 0 aromatic heterocycles. The van der Waals surface area contributed by atoms with Crippen LogP contribution in [0.15, 0.2) is 83.3 Å². The molecular formula is C23H18BrNO4. The normalized spacial score (nSPS) is 20.4. The summed E-state index contributed by atoms with van der Waals surface area (Å²) >= 11 is 3.44. The van der Waals surface area contributed by atoms with Crippen LogP contribution in [0.2, 0.25) is 0 Å². The molecule has 0 radical (unpaired) electrons. The number of halogens is 1. The van der Waals surface area contributed by atoms with Gasteiger partial charge in [0.2, 0.25) is 0 Å². The van der Waals surface area contributed by atoms with Gasteiger partial charge in [-0.05, 0) is 23.8 Å². The van der Waals surface area contributed by atoms with Crippen LogP contribution in [0.3, 0.4) is 0 Å². The fourth-order valence-corrected chi connectivity index (χ4v) is 4.23. The second-order valence-electron chi connectivity index (χ2n) is 7.01. The Morgan fingerprint density at radius 2 is 1.66 bits per heavy atom. The average Bonchev–Trinajstić information content (AvgIpc) is 2.74. The molecular weight excluding hydrogens is 434 g/mol. The summed E-state index contributed by atoms with van der Waals surface area (Å²) in [5.41, 5.74) is 1.95. The highest BCUT2D eigenvalue weighted by molar-refractivity contribution is 9.10.